The summed E-state index contributed by atoms with van der Waals surface area (Å²) in [5, 5.41) is 0. The molecule has 1 saturated heterocycles. The molecule has 1 aliphatic rings. The van der Waals surface area contributed by atoms with Crippen molar-refractivity contribution in [1.29, 1.82) is 0 Å². The van der Waals surface area contributed by atoms with Crippen LogP contribution in [0.25, 0.3) is 0 Å². The maximum atomic E-state index is 6.01. The number of hydrogen-bond acceptors (Lipinski definition) is 2. The van der Waals surface area contributed by atoms with Crippen LogP contribution in [0.2, 0.25) is 0 Å². The molecule has 1 fully saturated rings. The van der Waals surface area contributed by atoms with Crippen LogP contribution >= 0.6 is 9.69 Å². The van der Waals surface area contributed by atoms with E-state index in [1.54, 1.807) is 0 Å². The van der Waals surface area contributed by atoms with Crippen molar-refractivity contribution in [3.8, 4) is 0 Å². The first-order valence-electron chi connectivity index (χ1n) is 15.4. The van der Waals surface area contributed by atoms with Crippen molar-refractivity contribution in [2.45, 2.75) is 79.4 Å². The first-order chi connectivity index (χ1) is 20.7. The number of halogens is 1. The van der Waals surface area contributed by atoms with E-state index in [0.717, 1.165) is 25.9 Å². The summed E-state index contributed by atoms with van der Waals surface area (Å²) in [4.78, 5) is 4.96. The molecule has 2 nitrogen and oxygen atoms in total. The monoisotopic (exact) mass is 680 g/mol. The van der Waals surface area contributed by atoms with Gasteiger partial charge in [-0.3, -0.25) is 0 Å². The van der Waals surface area contributed by atoms with Crippen LogP contribution in [0.1, 0.15) is 75.8 Å². The van der Waals surface area contributed by atoms with Gasteiger partial charge in [0.05, 0.1) is 0 Å². The minimum atomic E-state index is -0.223. The van der Waals surface area contributed by atoms with E-state index in [4.69, 9.17) is 9.69 Å². The molecule has 4 heteroatoms. The normalized spacial score (nSPS) is 15.5. The van der Waals surface area contributed by atoms with E-state index in [0.29, 0.717) is 0 Å². The van der Waals surface area contributed by atoms with Gasteiger partial charge in [0.1, 0.15) is 0 Å². The second-order valence-electron chi connectivity index (χ2n) is 12.7. The quantitative estimate of drug-likeness (QED) is 0.128. The number of aryl methyl sites for hydroxylation is 2. The van der Waals surface area contributed by atoms with Crippen LogP contribution in [0, 0.1) is 12.0 Å². The van der Waals surface area contributed by atoms with Crippen molar-refractivity contribution in [2.75, 3.05) is 9.80 Å². The van der Waals surface area contributed by atoms with Gasteiger partial charge in [0, 0.05) is 11.2 Å². The summed E-state index contributed by atoms with van der Waals surface area (Å²) < 4.78 is 2.16. The molecule has 1 aliphatic heterocycles. The SMILES string of the molecule is CCc1cccc(CC)c1N1[CH-]C(C)(C)CC1(C)C.[Cl][Ru]=[CH]c1ccccc1CN(Cc1ccccc1)c1ccccc1. The average Bonchev–Trinajstić information content (AvgIpc) is 3.24. The van der Waals surface area contributed by atoms with Crippen molar-refractivity contribution in [1.82, 2.24) is 0 Å². The van der Waals surface area contributed by atoms with E-state index in [-0.39, 0.29) is 26.6 Å². The summed E-state index contributed by atoms with van der Waals surface area (Å²) in [6.07, 6.45) is 3.41. The molecule has 0 aromatic heterocycles. The second kappa shape index (κ2) is 15.3. The van der Waals surface area contributed by atoms with Gasteiger partial charge in [-0.2, -0.15) is 0 Å². The molecule has 0 aliphatic carbocycles. The maximum absolute atomic E-state index is 6.01. The second-order valence-corrected chi connectivity index (χ2v) is 14.5. The summed E-state index contributed by atoms with van der Waals surface area (Å²) in [6.45, 7) is 18.1. The Labute approximate surface area is 272 Å². The Balaban J connectivity index is 0.000000203. The fourth-order valence-corrected chi connectivity index (χ4v) is 7.55. The first-order valence-corrected chi connectivity index (χ1v) is 18.6. The summed E-state index contributed by atoms with van der Waals surface area (Å²) in [7, 11) is 6.01. The number of anilines is 2. The van der Waals surface area contributed by atoms with Gasteiger partial charge >= 0.3 is 155 Å². The van der Waals surface area contributed by atoms with Crippen LogP contribution in [-0.2, 0) is 41.6 Å². The predicted octanol–water partition coefficient (Wildman–Crippen LogP) is 10.3. The number of para-hydroxylation sites is 2. The van der Waals surface area contributed by atoms with Crippen molar-refractivity contribution in [3.05, 3.63) is 137 Å². The number of rotatable bonds is 9. The molecule has 43 heavy (non-hydrogen) atoms. The van der Waals surface area contributed by atoms with Crippen molar-refractivity contribution in [2.24, 2.45) is 5.41 Å². The van der Waals surface area contributed by atoms with Gasteiger partial charge in [-0.1, -0.05) is 52.3 Å². The number of nitrogens with zero attached hydrogens (tertiary/aromatic N) is 2. The van der Waals surface area contributed by atoms with Gasteiger partial charge in [0.25, 0.3) is 0 Å². The summed E-state index contributed by atoms with van der Waals surface area (Å²) in [5.74, 6) is 0. The third-order valence-corrected chi connectivity index (χ3v) is 9.31. The molecule has 4 aromatic rings. The van der Waals surface area contributed by atoms with E-state index < -0.39 is 0 Å². The molecule has 0 radical (unpaired) electrons. The third-order valence-electron chi connectivity index (χ3n) is 8.13. The Morgan fingerprint density at radius 1 is 0.744 bits per heavy atom. The molecule has 5 rings (SSSR count). The molecule has 0 atom stereocenters. The molecule has 229 valence electrons. The van der Waals surface area contributed by atoms with Gasteiger partial charge in [-0.05, 0) is 37.8 Å². The molecule has 0 amide bonds. The zero-order valence-electron chi connectivity index (χ0n) is 26.6. The summed E-state index contributed by atoms with van der Waals surface area (Å²) in [6, 6.07) is 36.5. The molecular formula is C39H47ClN2Ru-. The molecule has 4 aromatic carbocycles. The minimum absolute atomic E-state index is 0.207. The van der Waals surface area contributed by atoms with E-state index in [2.05, 4.69) is 166 Å². The van der Waals surface area contributed by atoms with Crippen molar-refractivity contribution in [3.63, 3.8) is 0 Å². The van der Waals surface area contributed by atoms with Crippen molar-refractivity contribution < 1.29 is 15.7 Å². The van der Waals surface area contributed by atoms with Crippen LogP contribution in [0.15, 0.2) is 103 Å². The Morgan fingerprint density at radius 2 is 1.30 bits per heavy atom. The molecular weight excluding hydrogens is 633 g/mol. The fraction of sp³-hybridized carbons (Fsp3) is 0.333. The van der Waals surface area contributed by atoms with Gasteiger partial charge < -0.3 is 4.90 Å². The van der Waals surface area contributed by atoms with Crippen LogP contribution in [0.4, 0.5) is 11.4 Å². The van der Waals surface area contributed by atoms with Crippen LogP contribution in [0.3, 0.4) is 0 Å². The third kappa shape index (κ3) is 8.90. The molecule has 0 unspecified atom stereocenters. The van der Waals surface area contributed by atoms with Gasteiger partial charge in [-0.25, -0.2) is 6.54 Å². The van der Waals surface area contributed by atoms with Gasteiger partial charge in [0.15, 0.2) is 0 Å². The molecule has 0 saturated carbocycles. The molecule has 0 spiro atoms. The number of benzene rings is 4. The Kier molecular flexibility index (Phi) is 11.8. The Bertz CT molecular complexity index is 1440. The zero-order valence-corrected chi connectivity index (χ0v) is 29.1. The van der Waals surface area contributed by atoms with E-state index in [9.17, 15) is 0 Å². The van der Waals surface area contributed by atoms with E-state index in [1.807, 2.05) is 0 Å². The Hall–Kier alpha value is -2.74. The van der Waals surface area contributed by atoms with E-state index in [1.165, 1.54) is 45.6 Å². The fourth-order valence-electron chi connectivity index (χ4n) is 6.37. The van der Waals surface area contributed by atoms with Crippen LogP contribution < -0.4 is 9.80 Å². The molecule has 0 bridgehead atoms. The van der Waals surface area contributed by atoms with Gasteiger partial charge in [-0.15, -0.1) is 5.41 Å². The summed E-state index contributed by atoms with van der Waals surface area (Å²) in [5.41, 5.74) is 10.0. The zero-order chi connectivity index (χ0) is 30.9. The van der Waals surface area contributed by atoms with Crippen LogP contribution in [-0.4, -0.2) is 10.1 Å². The molecule has 1 heterocycles. The van der Waals surface area contributed by atoms with Gasteiger partial charge in [0.2, 0.25) is 0 Å². The standard InChI is InChI=1S/C21H19N.C18H28N.ClH.Ru/c1-18-10-8-9-13-20(18)17-22(21-14-6-3-7-15-21)16-19-11-4-2-5-12-19;1-7-14-10-9-11-15(8-2)16(14)19-13-17(3,4)12-18(19,5)6;;/h1-15H,16-17H2;9-11,13H,7-8,12H2,1-6H3;1H;/q;-1;;+1/p-1. The number of hydrogen-bond donors (Lipinski definition) is 0. The molecule has 0 N–H and O–H groups in total. The van der Waals surface area contributed by atoms with Crippen LogP contribution in [0.5, 0.6) is 0 Å². The summed E-state index contributed by atoms with van der Waals surface area (Å²) >= 11 is -0.223. The Morgan fingerprint density at radius 3 is 1.86 bits per heavy atom. The van der Waals surface area contributed by atoms with Crippen molar-refractivity contribution >= 4 is 25.7 Å². The van der Waals surface area contributed by atoms with E-state index >= 15 is 0 Å². The first kappa shape index (κ1) is 33.2. The predicted molar refractivity (Wildman–Crippen MR) is 185 cm³/mol. The average molecular weight is 680 g/mol. The topological polar surface area (TPSA) is 6.48 Å².